The Morgan fingerprint density at radius 3 is 2.63 bits per heavy atom. The fraction of sp³-hybridized carbons (Fsp3) is 0.385. The van der Waals surface area contributed by atoms with Gasteiger partial charge in [0.15, 0.2) is 11.6 Å². The Morgan fingerprint density at radius 2 is 2.00 bits per heavy atom. The van der Waals surface area contributed by atoms with Gasteiger partial charge in [0.1, 0.15) is 5.69 Å². The third-order valence-electron chi connectivity index (χ3n) is 2.64. The van der Waals surface area contributed by atoms with Crippen molar-refractivity contribution in [1.82, 2.24) is 15.0 Å². The summed E-state index contributed by atoms with van der Waals surface area (Å²) < 4.78 is 28.2. The molecule has 4 nitrogen and oxygen atoms in total. The van der Waals surface area contributed by atoms with Crippen LogP contribution in [0.1, 0.15) is 26.5 Å². The van der Waals surface area contributed by atoms with E-state index in [1.54, 1.807) is 10.9 Å². The zero-order chi connectivity index (χ0) is 14.0. The lowest BCUT2D eigenvalue weighted by molar-refractivity contribution is 0.347. The lowest BCUT2D eigenvalue weighted by Gasteiger charge is -2.17. The van der Waals surface area contributed by atoms with Gasteiger partial charge in [-0.15, -0.1) is 5.10 Å². The van der Waals surface area contributed by atoms with Crippen molar-refractivity contribution in [3.8, 4) is 0 Å². The number of halogens is 2. The maximum Gasteiger partial charge on any atom is 0.181 e. The van der Waals surface area contributed by atoms with Gasteiger partial charge in [-0.05, 0) is 32.9 Å². The molecule has 1 aromatic heterocycles. The molecular formula is C13H16F2N4. The normalized spacial score (nSPS) is 11.6. The van der Waals surface area contributed by atoms with Crippen molar-refractivity contribution in [2.45, 2.75) is 32.9 Å². The maximum absolute atomic E-state index is 13.4. The second kappa shape index (κ2) is 4.95. The Hall–Kier alpha value is -1.98. The highest BCUT2D eigenvalue weighted by atomic mass is 19.2. The van der Waals surface area contributed by atoms with Gasteiger partial charge < -0.3 is 5.32 Å². The minimum absolute atomic E-state index is 0.116. The molecule has 0 spiro atoms. The molecule has 19 heavy (non-hydrogen) atoms. The molecule has 0 aliphatic rings. The zero-order valence-electron chi connectivity index (χ0n) is 11.1. The van der Waals surface area contributed by atoms with E-state index in [4.69, 9.17) is 0 Å². The average Bonchev–Trinajstić information content (AvgIpc) is 2.79. The van der Waals surface area contributed by atoms with E-state index < -0.39 is 11.6 Å². The molecule has 0 aliphatic carbocycles. The van der Waals surface area contributed by atoms with E-state index in [1.165, 1.54) is 12.1 Å². The highest BCUT2D eigenvalue weighted by Gasteiger charge is 2.15. The van der Waals surface area contributed by atoms with Crippen molar-refractivity contribution in [3.05, 3.63) is 41.7 Å². The highest BCUT2D eigenvalue weighted by molar-refractivity contribution is 5.45. The maximum atomic E-state index is 13.4. The number of nitrogens with zero attached hydrogens (tertiary/aromatic N) is 3. The van der Waals surface area contributed by atoms with Gasteiger partial charge in [0.2, 0.25) is 0 Å². The van der Waals surface area contributed by atoms with Crippen molar-refractivity contribution in [1.29, 1.82) is 0 Å². The highest BCUT2D eigenvalue weighted by Crippen LogP contribution is 2.17. The van der Waals surface area contributed by atoms with Crippen molar-refractivity contribution in [2.24, 2.45) is 0 Å². The second-order valence-corrected chi connectivity index (χ2v) is 5.28. The van der Waals surface area contributed by atoms with Gasteiger partial charge in [0.25, 0.3) is 0 Å². The number of hydrogen-bond acceptors (Lipinski definition) is 3. The molecule has 0 saturated carbocycles. The molecule has 0 fully saturated rings. The van der Waals surface area contributed by atoms with Gasteiger partial charge in [-0.1, -0.05) is 11.3 Å². The number of hydrogen-bond donors (Lipinski definition) is 1. The Balaban J connectivity index is 2.07. The Bertz CT molecular complexity index is 572. The molecule has 2 aromatic rings. The largest absolute Gasteiger partial charge is 0.377 e. The molecule has 2 rings (SSSR count). The molecule has 1 aromatic carbocycles. The lowest BCUT2D eigenvalue weighted by atomic mass is 10.1. The second-order valence-electron chi connectivity index (χ2n) is 5.28. The van der Waals surface area contributed by atoms with Crippen molar-refractivity contribution < 1.29 is 8.78 Å². The fourth-order valence-corrected chi connectivity index (χ4v) is 1.53. The average molecular weight is 266 g/mol. The molecule has 6 heteroatoms. The summed E-state index contributed by atoms with van der Waals surface area (Å²) in [5.74, 6) is -1.76. The van der Waals surface area contributed by atoms with Gasteiger partial charge in [-0.25, -0.2) is 13.5 Å². The quantitative estimate of drug-likeness (QED) is 0.928. The van der Waals surface area contributed by atoms with Crippen LogP contribution < -0.4 is 5.32 Å². The van der Waals surface area contributed by atoms with Crippen molar-refractivity contribution in [3.63, 3.8) is 0 Å². The van der Waals surface area contributed by atoms with Crippen LogP contribution in [0, 0.1) is 11.6 Å². The first kappa shape index (κ1) is 13.5. The van der Waals surface area contributed by atoms with Gasteiger partial charge in [0.05, 0.1) is 24.0 Å². The van der Waals surface area contributed by atoms with Crippen LogP contribution in [0.15, 0.2) is 24.4 Å². The van der Waals surface area contributed by atoms with E-state index in [0.717, 1.165) is 6.07 Å². The third-order valence-corrected chi connectivity index (χ3v) is 2.64. The van der Waals surface area contributed by atoms with E-state index in [9.17, 15) is 8.78 Å². The molecule has 0 atom stereocenters. The fourth-order valence-electron chi connectivity index (χ4n) is 1.53. The molecule has 0 unspecified atom stereocenters. The third kappa shape index (κ3) is 3.07. The molecule has 102 valence electrons. The van der Waals surface area contributed by atoms with E-state index in [-0.39, 0.29) is 17.8 Å². The number of rotatable bonds is 3. The summed E-state index contributed by atoms with van der Waals surface area (Å²) in [6.45, 7) is 6.30. The number of nitrogens with one attached hydrogen (secondary N) is 1. The SMILES string of the molecule is CC(C)(C)n1cc(CNc2cccc(F)c2F)nn1. The molecule has 0 radical (unpaired) electrons. The summed E-state index contributed by atoms with van der Waals surface area (Å²) >= 11 is 0. The topological polar surface area (TPSA) is 42.7 Å². The van der Waals surface area contributed by atoms with Crippen molar-refractivity contribution in [2.75, 3.05) is 5.32 Å². The monoisotopic (exact) mass is 266 g/mol. The van der Waals surface area contributed by atoms with Crippen LogP contribution in [0.25, 0.3) is 0 Å². The number of benzene rings is 1. The van der Waals surface area contributed by atoms with E-state index >= 15 is 0 Å². The minimum Gasteiger partial charge on any atom is -0.377 e. The van der Waals surface area contributed by atoms with E-state index in [0.29, 0.717) is 5.69 Å². The summed E-state index contributed by atoms with van der Waals surface area (Å²) in [7, 11) is 0. The molecule has 0 bridgehead atoms. The summed E-state index contributed by atoms with van der Waals surface area (Å²) in [6.07, 6.45) is 1.78. The standard InChI is InChI=1S/C13H16F2N4/c1-13(2,3)19-8-9(17-18-19)7-16-11-6-4-5-10(14)12(11)15/h4-6,8,16H,7H2,1-3H3. The van der Waals surface area contributed by atoms with Gasteiger partial charge in [-0.2, -0.15) is 0 Å². The van der Waals surface area contributed by atoms with Crippen LogP contribution in [-0.4, -0.2) is 15.0 Å². The molecule has 0 aliphatic heterocycles. The smallest absolute Gasteiger partial charge is 0.181 e. The molecule has 0 amide bonds. The van der Waals surface area contributed by atoms with Crippen LogP contribution >= 0.6 is 0 Å². The van der Waals surface area contributed by atoms with E-state index in [2.05, 4.69) is 15.6 Å². The van der Waals surface area contributed by atoms with Crippen LogP contribution in [0.4, 0.5) is 14.5 Å². The predicted molar refractivity (Wildman–Crippen MR) is 68.7 cm³/mol. The molecule has 0 saturated heterocycles. The Morgan fingerprint density at radius 1 is 1.26 bits per heavy atom. The zero-order valence-corrected chi connectivity index (χ0v) is 11.1. The minimum atomic E-state index is -0.884. The first-order chi connectivity index (χ1) is 8.88. The Labute approximate surface area is 110 Å². The van der Waals surface area contributed by atoms with Gasteiger partial charge >= 0.3 is 0 Å². The molecular weight excluding hydrogens is 250 g/mol. The Kier molecular flexibility index (Phi) is 3.50. The lowest BCUT2D eigenvalue weighted by Crippen LogP contribution is -2.22. The summed E-state index contributed by atoms with van der Waals surface area (Å²) in [5.41, 5.74) is 0.624. The van der Waals surface area contributed by atoms with Gasteiger partial charge in [0, 0.05) is 0 Å². The van der Waals surface area contributed by atoms with Crippen LogP contribution in [0.3, 0.4) is 0 Å². The predicted octanol–water partition coefficient (Wildman–Crippen LogP) is 2.92. The van der Waals surface area contributed by atoms with Crippen LogP contribution in [-0.2, 0) is 12.1 Å². The molecule has 1 N–H and O–H groups in total. The van der Waals surface area contributed by atoms with Gasteiger partial charge in [-0.3, -0.25) is 0 Å². The summed E-state index contributed by atoms with van der Waals surface area (Å²) in [6, 6.07) is 4.01. The number of anilines is 1. The summed E-state index contributed by atoms with van der Waals surface area (Å²) in [5, 5.41) is 10.8. The van der Waals surface area contributed by atoms with E-state index in [1.807, 2.05) is 20.8 Å². The first-order valence-electron chi connectivity index (χ1n) is 5.97. The number of aromatic nitrogens is 3. The van der Waals surface area contributed by atoms with Crippen LogP contribution in [0.5, 0.6) is 0 Å². The van der Waals surface area contributed by atoms with Crippen molar-refractivity contribution >= 4 is 5.69 Å². The first-order valence-corrected chi connectivity index (χ1v) is 5.97. The van der Waals surface area contributed by atoms with Crippen LogP contribution in [0.2, 0.25) is 0 Å². The summed E-state index contributed by atoms with van der Waals surface area (Å²) in [4.78, 5) is 0. The molecule has 1 heterocycles.